The van der Waals surface area contributed by atoms with Gasteiger partial charge in [-0.1, -0.05) is 13.8 Å². The highest BCUT2D eigenvalue weighted by Gasteiger charge is 2.50. The topological polar surface area (TPSA) is 132 Å². The molecule has 0 aliphatic carbocycles. The van der Waals surface area contributed by atoms with E-state index >= 15 is 0 Å². The van der Waals surface area contributed by atoms with Crippen molar-refractivity contribution in [2.45, 2.75) is 58.2 Å². The third kappa shape index (κ3) is 4.58. The first-order valence-corrected chi connectivity index (χ1v) is 11.1. The minimum Gasteiger partial charge on any atom is -0.465 e. The van der Waals surface area contributed by atoms with Gasteiger partial charge in [0.2, 0.25) is 11.8 Å². The Morgan fingerprint density at radius 2 is 1.97 bits per heavy atom. The molecule has 10 heteroatoms. The van der Waals surface area contributed by atoms with E-state index in [4.69, 9.17) is 10.8 Å². The first kappa shape index (κ1) is 23.6. The number of nitrogens with two attached hydrogens (primary N) is 1. The quantitative estimate of drug-likeness (QED) is 0.622. The molecule has 3 atom stereocenters. The van der Waals surface area contributed by atoms with Crippen molar-refractivity contribution in [3.05, 3.63) is 18.3 Å². The summed E-state index contributed by atoms with van der Waals surface area (Å²) < 4.78 is 0. The van der Waals surface area contributed by atoms with Gasteiger partial charge in [-0.15, -0.1) is 0 Å². The normalized spacial score (nSPS) is 24.5. The number of nitrogens with zero attached hydrogens (tertiary/aromatic N) is 4. The molecule has 0 saturated carbocycles. The third-order valence-corrected chi connectivity index (χ3v) is 6.56. The molecule has 0 unspecified atom stereocenters. The fourth-order valence-electron chi connectivity index (χ4n) is 4.74. The molecule has 2 fully saturated rings. The molecule has 2 aliphatic rings. The van der Waals surface area contributed by atoms with Gasteiger partial charge >= 0.3 is 6.09 Å². The maximum absolute atomic E-state index is 13.6. The van der Waals surface area contributed by atoms with Gasteiger partial charge in [-0.25, -0.2) is 9.78 Å². The van der Waals surface area contributed by atoms with Gasteiger partial charge in [0.1, 0.15) is 17.4 Å². The average molecular weight is 447 g/mol. The summed E-state index contributed by atoms with van der Waals surface area (Å²) in [7, 11) is 0. The zero-order valence-corrected chi connectivity index (χ0v) is 19.2. The Morgan fingerprint density at radius 3 is 2.53 bits per heavy atom. The Morgan fingerprint density at radius 1 is 1.25 bits per heavy atom. The van der Waals surface area contributed by atoms with Gasteiger partial charge in [-0.05, 0) is 44.7 Å². The number of nitrogens with one attached hydrogen (secondary N) is 1. The van der Waals surface area contributed by atoms with Crippen molar-refractivity contribution in [2.75, 3.05) is 36.8 Å². The lowest BCUT2D eigenvalue weighted by molar-refractivity contribution is -0.152. The van der Waals surface area contributed by atoms with Gasteiger partial charge in [-0.2, -0.15) is 0 Å². The number of hydrogen-bond donors (Lipinski definition) is 3. The summed E-state index contributed by atoms with van der Waals surface area (Å²) in [5.41, 5.74) is 5.36. The van der Waals surface area contributed by atoms with Crippen molar-refractivity contribution < 1.29 is 19.5 Å². The first-order chi connectivity index (χ1) is 15.0. The van der Waals surface area contributed by atoms with Crippen molar-refractivity contribution in [1.29, 1.82) is 0 Å². The van der Waals surface area contributed by atoms with E-state index in [1.165, 1.54) is 0 Å². The minimum atomic E-state index is -1.24. The van der Waals surface area contributed by atoms with E-state index in [1.807, 2.05) is 24.0 Å². The summed E-state index contributed by atoms with van der Waals surface area (Å²) >= 11 is 0. The molecule has 32 heavy (non-hydrogen) atoms. The van der Waals surface area contributed by atoms with Crippen molar-refractivity contribution in [1.82, 2.24) is 20.1 Å². The van der Waals surface area contributed by atoms with E-state index < -0.39 is 17.7 Å². The highest BCUT2D eigenvalue weighted by molar-refractivity contribution is 5.94. The van der Waals surface area contributed by atoms with Crippen LogP contribution in [0.15, 0.2) is 18.3 Å². The molecule has 0 spiro atoms. The van der Waals surface area contributed by atoms with Gasteiger partial charge in [0.15, 0.2) is 0 Å². The summed E-state index contributed by atoms with van der Waals surface area (Å²) in [6.45, 7) is 9.54. The summed E-state index contributed by atoms with van der Waals surface area (Å²) in [4.78, 5) is 48.0. The second-order valence-electron chi connectivity index (χ2n) is 9.28. The molecule has 1 aromatic rings. The second kappa shape index (κ2) is 9.22. The van der Waals surface area contributed by atoms with E-state index in [9.17, 15) is 14.4 Å². The molecular weight excluding hydrogens is 412 g/mol. The SMILES string of the molecule is CC(C)[C@H](NC(=O)O)C(=O)N1CCC[C@@]1(C)C(=O)N1CCN(c2ccc(N)cn2)[C@H](C)C1. The van der Waals surface area contributed by atoms with Crippen molar-refractivity contribution in [3.63, 3.8) is 0 Å². The zero-order valence-electron chi connectivity index (χ0n) is 19.2. The molecule has 3 heterocycles. The molecule has 2 saturated heterocycles. The molecule has 1 aromatic heterocycles. The molecule has 3 rings (SSSR count). The summed E-state index contributed by atoms with van der Waals surface area (Å²) in [6, 6.07) is 2.86. The van der Waals surface area contributed by atoms with E-state index in [0.717, 1.165) is 5.82 Å². The smallest absolute Gasteiger partial charge is 0.405 e. The molecule has 176 valence electrons. The highest BCUT2D eigenvalue weighted by Crippen LogP contribution is 2.33. The number of nitrogen functional groups attached to an aromatic ring is 1. The molecule has 2 aliphatic heterocycles. The first-order valence-electron chi connectivity index (χ1n) is 11.1. The van der Waals surface area contributed by atoms with Crippen LogP contribution in [0.3, 0.4) is 0 Å². The van der Waals surface area contributed by atoms with Crippen LogP contribution in [0.1, 0.15) is 40.5 Å². The van der Waals surface area contributed by atoms with Crippen LogP contribution in [-0.4, -0.2) is 81.6 Å². The van der Waals surface area contributed by atoms with Gasteiger partial charge in [0, 0.05) is 32.2 Å². The number of hydrogen-bond acceptors (Lipinski definition) is 6. The van der Waals surface area contributed by atoms with Gasteiger partial charge in [0.05, 0.1) is 11.9 Å². The number of carboxylic acid groups (broad SMARTS) is 1. The highest BCUT2D eigenvalue weighted by atomic mass is 16.4. The van der Waals surface area contributed by atoms with Gasteiger partial charge in [0.25, 0.3) is 0 Å². The minimum absolute atomic E-state index is 0.0510. The van der Waals surface area contributed by atoms with Crippen LogP contribution in [0.2, 0.25) is 0 Å². The fourth-order valence-corrected chi connectivity index (χ4v) is 4.74. The maximum atomic E-state index is 13.6. The molecule has 4 N–H and O–H groups in total. The molecular formula is C22H34N6O4. The lowest BCUT2D eigenvalue weighted by Crippen LogP contribution is -2.64. The predicted octanol–water partition coefficient (Wildman–Crippen LogP) is 1.37. The number of carbonyl (C=O) groups is 3. The lowest BCUT2D eigenvalue weighted by atomic mass is 9.93. The standard InChI is InChI=1S/C22H34N6O4/c1-14(2)18(25-21(31)32)19(29)28-9-5-8-22(28,4)20(30)26-10-11-27(15(3)13-26)17-7-6-16(23)12-24-17/h6-7,12,14-15,18,25H,5,8-11,13,23H2,1-4H3,(H,31,32)/t15-,18+,22+/m1/s1. The molecule has 3 amide bonds. The number of amides is 3. The van der Waals surface area contributed by atoms with Crippen LogP contribution in [0.4, 0.5) is 16.3 Å². The number of aromatic nitrogens is 1. The van der Waals surface area contributed by atoms with Crippen molar-refractivity contribution >= 4 is 29.4 Å². The van der Waals surface area contributed by atoms with Crippen molar-refractivity contribution in [3.8, 4) is 0 Å². The van der Waals surface area contributed by atoms with Crippen LogP contribution >= 0.6 is 0 Å². The zero-order chi connectivity index (χ0) is 23.6. The summed E-state index contributed by atoms with van der Waals surface area (Å²) in [6.07, 6.45) is 1.64. The largest absolute Gasteiger partial charge is 0.465 e. The molecule has 10 nitrogen and oxygen atoms in total. The molecule has 0 aromatic carbocycles. The van der Waals surface area contributed by atoms with Crippen LogP contribution in [-0.2, 0) is 9.59 Å². The van der Waals surface area contributed by atoms with E-state index in [1.54, 1.807) is 31.9 Å². The monoisotopic (exact) mass is 446 g/mol. The van der Waals surface area contributed by atoms with Crippen LogP contribution in [0, 0.1) is 5.92 Å². The Balaban J connectivity index is 1.73. The third-order valence-electron chi connectivity index (χ3n) is 6.56. The van der Waals surface area contributed by atoms with E-state index in [2.05, 4.69) is 15.2 Å². The second-order valence-corrected chi connectivity index (χ2v) is 9.28. The van der Waals surface area contributed by atoms with Crippen molar-refractivity contribution in [2.24, 2.45) is 5.92 Å². The van der Waals surface area contributed by atoms with Crippen LogP contribution in [0.25, 0.3) is 0 Å². The average Bonchev–Trinajstić information content (AvgIpc) is 3.14. The van der Waals surface area contributed by atoms with Gasteiger partial charge in [-0.3, -0.25) is 9.59 Å². The Labute approximate surface area is 188 Å². The number of pyridine rings is 1. The molecule has 0 radical (unpaired) electrons. The fraction of sp³-hybridized carbons (Fsp3) is 0.636. The predicted molar refractivity (Wildman–Crippen MR) is 121 cm³/mol. The van der Waals surface area contributed by atoms with Crippen LogP contribution < -0.4 is 16.0 Å². The van der Waals surface area contributed by atoms with E-state index in [-0.39, 0.29) is 23.8 Å². The van der Waals surface area contributed by atoms with Crippen LogP contribution in [0.5, 0.6) is 0 Å². The number of carbonyl (C=O) groups excluding carboxylic acids is 2. The number of likely N-dealkylation sites (tertiary alicyclic amines) is 1. The Bertz CT molecular complexity index is 860. The number of rotatable bonds is 5. The number of piperazine rings is 1. The Kier molecular flexibility index (Phi) is 6.80. The maximum Gasteiger partial charge on any atom is 0.405 e. The number of anilines is 2. The van der Waals surface area contributed by atoms with Gasteiger partial charge < -0.3 is 30.9 Å². The molecule has 0 bridgehead atoms. The van der Waals surface area contributed by atoms with E-state index in [0.29, 0.717) is 44.7 Å². The Hall–Kier alpha value is -3.04. The summed E-state index contributed by atoms with van der Waals surface area (Å²) in [5, 5.41) is 11.5. The summed E-state index contributed by atoms with van der Waals surface area (Å²) in [5.74, 6) is 0.170. The lowest BCUT2D eigenvalue weighted by Gasteiger charge is -2.45.